The number of thiophene rings is 1. The highest BCUT2D eigenvalue weighted by Gasteiger charge is 2.15. The lowest BCUT2D eigenvalue weighted by atomic mass is 10.2. The maximum Gasteiger partial charge on any atom is 0.407 e. The first-order chi connectivity index (χ1) is 8.37. The summed E-state index contributed by atoms with van der Waals surface area (Å²) in [5.74, 6) is 6.09. The molecule has 0 bridgehead atoms. The number of nitrogens with one attached hydrogen (secondary N) is 1. The Bertz CT molecular complexity index is 460. The zero-order valence-electron chi connectivity index (χ0n) is 11.3. The van der Waals surface area contributed by atoms with Crippen molar-refractivity contribution in [2.24, 2.45) is 0 Å². The average Bonchev–Trinajstić information content (AvgIpc) is 2.61. The molecule has 18 heavy (non-hydrogen) atoms. The smallest absolute Gasteiger partial charge is 0.407 e. The minimum atomic E-state index is -0.454. The number of aryl methyl sites for hydroxylation is 1. The lowest BCUT2D eigenvalue weighted by Crippen LogP contribution is -2.32. The maximum absolute atomic E-state index is 11.3. The Labute approximate surface area is 113 Å². The van der Waals surface area contributed by atoms with E-state index in [9.17, 15) is 4.79 Å². The number of carbonyl (C=O) groups is 1. The molecule has 1 rings (SSSR count). The summed E-state index contributed by atoms with van der Waals surface area (Å²) >= 11 is 1.67. The van der Waals surface area contributed by atoms with Gasteiger partial charge in [0.2, 0.25) is 0 Å². The van der Waals surface area contributed by atoms with Gasteiger partial charge < -0.3 is 10.1 Å². The zero-order valence-corrected chi connectivity index (χ0v) is 12.1. The van der Waals surface area contributed by atoms with Gasteiger partial charge in [-0.15, -0.1) is 11.3 Å². The summed E-state index contributed by atoms with van der Waals surface area (Å²) < 4.78 is 5.11. The molecule has 0 aliphatic heterocycles. The third-order valence-electron chi connectivity index (χ3n) is 1.87. The Hall–Kier alpha value is -1.47. The van der Waals surface area contributed by atoms with E-state index in [4.69, 9.17) is 4.74 Å². The molecular formula is C14H19NO2S. The number of hydrogen-bond donors (Lipinski definition) is 1. The molecule has 4 heteroatoms. The van der Waals surface area contributed by atoms with Crippen LogP contribution in [-0.2, 0) is 4.74 Å². The zero-order chi connectivity index (χ0) is 13.6. The predicted octanol–water partition coefficient (Wildman–Crippen LogP) is 3.32. The molecule has 0 aliphatic carbocycles. The van der Waals surface area contributed by atoms with E-state index in [-0.39, 0.29) is 0 Å². The van der Waals surface area contributed by atoms with Crippen LogP contribution in [0.1, 0.15) is 36.9 Å². The van der Waals surface area contributed by atoms with Gasteiger partial charge in [-0.1, -0.05) is 11.8 Å². The van der Waals surface area contributed by atoms with E-state index in [1.54, 1.807) is 11.3 Å². The molecule has 1 aromatic heterocycles. The molecule has 0 aromatic carbocycles. The second-order valence-electron chi connectivity index (χ2n) is 4.89. The minimum Gasteiger partial charge on any atom is -0.444 e. The third kappa shape index (κ3) is 6.31. The standard InChI is InChI=1S/C14H19NO2S/c1-11-8-9-12(18-11)7-5-6-10-15-13(16)17-14(2,3)4/h8-9H,6,10H2,1-4H3,(H,15,16). The van der Waals surface area contributed by atoms with Gasteiger partial charge in [-0.05, 0) is 39.8 Å². The van der Waals surface area contributed by atoms with Crippen molar-refractivity contribution in [3.8, 4) is 11.8 Å². The highest BCUT2D eigenvalue weighted by molar-refractivity contribution is 7.12. The number of carbonyl (C=O) groups excluding carboxylic acids is 1. The van der Waals surface area contributed by atoms with Crippen molar-refractivity contribution in [2.75, 3.05) is 6.54 Å². The normalized spacial score (nSPS) is 10.4. The molecule has 0 spiro atoms. The molecule has 1 heterocycles. The highest BCUT2D eigenvalue weighted by atomic mass is 32.1. The summed E-state index contributed by atoms with van der Waals surface area (Å²) in [5, 5.41) is 2.67. The first-order valence-corrected chi connectivity index (χ1v) is 6.70. The van der Waals surface area contributed by atoms with E-state index >= 15 is 0 Å². The molecular weight excluding hydrogens is 246 g/mol. The number of hydrogen-bond acceptors (Lipinski definition) is 3. The van der Waals surface area contributed by atoms with Crippen LogP contribution in [0.25, 0.3) is 0 Å². The number of rotatable bonds is 2. The van der Waals surface area contributed by atoms with Gasteiger partial charge in [0.15, 0.2) is 0 Å². The summed E-state index contributed by atoms with van der Waals surface area (Å²) in [6.45, 7) is 8.08. The molecule has 1 amide bonds. The molecule has 0 aliphatic rings. The van der Waals surface area contributed by atoms with E-state index in [2.05, 4.69) is 24.1 Å². The molecule has 0 radical (unpaired) electrons. The van der Waals surface area contributed by atoms with Crippen LogP contribution in [0.5, 0.6) is 0 Å². The minimum absolute atomic E-state index is 0.392. The van der Waals surface area contributed by atoms with Crippen molar-refractivity contribution in [1.82, 2.24) is 5.32 Å². The molecule has 0 unspecified atom stereocenters. The Morgan fingerprint density at radius 1 is 1.44 bits per heavy atom. The van der Waals surface area contributed by atoms with Crippen LogP contribution in [0.4, 0.5) is 4.79 Å². The van der Waals surface area contributed by atoms with Crippen molar-refractivity contribution in [2.45, 2.75) is 39.7 Å². The summed E-state index contributed by atoms with van der Waals surface area (Å²) in [6.07, 6.45) is 0.229. The molecule has 0 fully saturated rings. The van der Waals surface area contributed by atoms with Crippen LogP contribution in [0.3, 0.4) is 0 Å². The molecule has 1 aromatic rings. The van der Waals surface area contributed by atoms with E-state index in [0.717, 1.165) is 4.88 Å². The first kappa shape index (κ1) is 14.6. The van der Waals surface area contributed by atoms with Gasteiger partial charge in [0.1, 0.15) is 5.60 Å². The number of amides is 1. The van der Waals surface area contributed by atoms with Crippen molar-refractivity contribution in [3.05, 3.63) is 21.9 Å². The van der Waals surface area contributed by atoms with Crippen molar-refractivity contribution < 1.29 is 9.53 Å². The topological polar surface area (TPSA) is 38.3 Å². The fourth-order valence-electron chi connectivity index (χ4n) is 1.19. The lowest BCUT2D eigenvalue weighted by Gasteiger charge is -2.19. The number of alkyl carbamates (subject to hydrolysis) is 1. The van der Waals surface area contributed by atoms with E-state index in [1.165, 1.54) is 4.88 Å². The van der Waals surface area contributed by atoms with Crippen LogP contribution < -0.4 is 5.32 Å². The summed E-state index contributed by atoms with van der Waals surface area (Å²) in [6, 6.07) is 4.06. The van der Waals surface area contributed by atoms with Crippen LogP contribution in [0.2, 0.25) is 0 Å². The molecule has 1 N–H and O–H groups in total. The summed E-state index contributed by atoms with van der Waals surface area (Å²) in [4.78, 5) is 13.6. The van der Waals surface area contributed by atoms with Crippen molar-refractivity contribution in [1.29, 1.82) is 0 Å². The van der Waals surface area contributed by atoms with Gasteiger partial charge in [0.25, 0.3) is 0 Å². The largest absolute Gasteiger partial charge is 0.444 e. The maximum atomic E-state index is 11.3. The van der Waals surface area contributed by atoms with Gasteiger partial charge in [0, 0.05) is 17.8 Å². The molecule has 0 atom stereocenters. The number of ether oxygens (including phenoxy) is 1. The molecule has 3 nitrogen and oxygen atoms in total. The Balaban J connectivity index is 2.23. The Morgan fingerprint density at radius 3 is 2.72 bits per heavy atom. The highest BCUT2D eigenvalue weighted by Crippen LogP contribution is 2.13. The Kier molecular flexibility index (Phi) is 5.24. The van der Waals surface area contributed by atoms with Crippen molar-refractivity contribution in [3.63, 3.8) is 0 Å². The van der Waals surface area contributed by atoms with E-state index in [1.807, 2.05) is 32.9 Å². The van der Waals surface area contributed by atoms with Gasteiger partial charge in [0.05, 0.1) is 4.88 Å². The first-order valence-electron chi connectivity index (χ1n) is 5.89. The Morgan fingerprint density at radius 2 is 2.17 bits per heavy atom. The van der Waals surface area contributed by atoms with Gasteiger partial charge in [-0.2, -0.15) is 0 Å². The van der Waals surface area contributed by atoms with Gasteiger partial charge in [-0.3, -0.25) is 0 Å². The predicted molar refractivity (Wildman–Crippen MR) is 74.8 cm³/mol. The second kappa shape index (κ2) is 6.46. The van der Waals surface area contributed by atoms with Crippen LogP contribution in [0.15, 0.2) is 12.1 Å². The summed E-state index contributed by atoms with van der Waals surface area (Å²) in [7, 11) is 0. The van der Waals surface area contributed by atoms with Crippen LogP contribution >= 0.6 is 11.3 Å². The monoisotopic (exact) mass is 265 g/mol. The molecule has 98 valence electrons. The van der Waals surface area contributed by atoms with Crippen LogP contribution in [-0.4, -0.2) is 18.2 Å². The quantitative estimate of drug-likeness (QED) is 0.658. The van der Waals surface area contributed by atoms with E-state index in [0.29, 0.717) is 13.0 Å². The fraction of sp³-hybridized carbons (Fsp3) is 0.500. The second-order valence-corrected chi connectivity index (χ2v) is 6.18. The SMILES string of the molecule is Cc1ccc(C#CCCNC(=O)OC(C)(C)C)s1. The summed E-state index contributed by atoms with van der Waals surface area (Å²) in [5.41, 5.74) is -0.454. The van der Waals surface area contributed by atoms with Crippen LogP contribution in [0, 0.1) is 18.8 Å². The van der Waals surface area contributed by atoms with Gasteiger partial charge in [-0.25, -0.2) is 4.79 Å². The van der Waals surface area contributed by atoms with E-state index < -0.39 is 11.7 Å². The average molecular weight is 265 g/mol. The lowest BCUT2D eigenvalue weighted by molar-refractivity contribution is 0.0529. The third-order valence-corrected chi connectivity index (χ3v) is 2.79. The molecule has 0 saturated carbocycles. The van der Waals surface area contributed by atoms with Crippen molar-refractivity contribution >= 4 is 17.4 Å². The van der Waals surface area contributed by atoms with Gasteiger partial charge >= 0.3 is 6.09 Å². The molecule has 0 saturated heterocycles. The fourth-order valence-corrected chi connectivity index (χ4v) is 1.93.